The summed E-state index contributed by atoms with van der Waals surface area (Å²) in [5.74, 6) is 0.552. The molecule has 8 heteroatoms. The topological polar surface area (TPSA) is 113 Å². The first-order valence-corrected chi connectivity index (χ1v) is 7.68. The van der Waals surface area contributed by atoms with Gasteiger partial charge in [-0.2, -0.15) is 0 Å². The molecule has 0 spiro atoms. The van der Waals surface area contributed by atoms with Crippen molar-refractivity contribution in [3.8, 4) is 11.5 Å². The number of nitrogens with zero attached hydrogens (tertiary/aromatic N) is 1. The van der Waals surface area contributed by atoms with Crippen LogP contribution in [-0.2, 0) is 9.84 Å². The average molecular weight is 308 g/mol. The summed E-state index contributed by atoms with van der Waals surface area (Å²) in [7, 11) is -3.28. The fraction of sp³-hybridized carbons (Fsp3) is 0.0769. The number of non-ortho nitro benzene ring substituents is 1. The number of hydrogen-bond donors (Lipinski definition) is 1. The molecule has 2 N–H and O–H groups in total. The molecule has 0 aromatic heterocycles. The lowest BCUT2D eigenvalue weighted by atomic mass is 10.2. The van der Waals surface area contributed by atoms with E-state index >= 15 is 0 Å². The number of ether oxygens (including phenoxy) is 1. The maximum atomic E-state index is 11.3. The Morgan fingerprint density at radius 3 is 2.24 bits per heavy atom. The molecule has 0 unspecified atom stereocenters. The monoisotopic (exact) mass is 308 g/mol. The van der Waals surface area contributed by atoms with Crippen molar-refractivity contribution in [1.29, 1.82) is 0 Å². The Labute approximate surface area is 121 Å². The third-order valence-electron chi connectivity index (χ3n) is 2.61. The zero-order valence-corrected chi connectivity index (χ0v) is 11.8. The molecule has 0 saturated heterocycles. The second-order valence-electron chi connectivity index (χ2n) is 4.36. The van der Waals surface area contributed by atoms with Crippen LogP contribution in [0.5, 0.6) is 11.5 Å². The molecular formula is C13H12N2O5S. The standard InChI is InChI=1S/C13H12N2O5S/c1-21(18,19)13-4-2-11(3-5-13)20-12-7-9(14)6-10(8-12)15(16)17/h2-8H,14H2,1H3. The molecule has 0 atom stereocenters. The second kappa shape index (κ2) is 5.41. The van der Waals surface area contributed by atoms with Crippen molar-refractivity contribution in [2.45, 2.75) is 4.90 Å². The molecule has 0 amide bonds. The van der Waals surface area contributed by atoms with Crippen molar-refractivity contribution in [3.63, 3.8) is 0 Å². The molecule has 0 radical (unpaired) electrons. The van der Waals surface area contributed by atoms with Crippen LogP contribution in [0.25, 0.3) is 0 Å². The smallest absolute Gasteiger partial charge is 0.275 e. The quantitative estimate of drug-likeness (QED) is 0.527. The van der Waals surface area contributed by atoms with Crippen molar-refractivity contribution in [1.82, 2.24) is 0 Å². The molecule has 110 valence electrons. The van der Waals surface area contributed by atoms with Crippen LogP contribution in [0.1, 0.15) is 0 Å². The van der Waals surface area contributed by atoms with E-state index in [2.05, 4.69) is 0 Å². The fourth-order valence-electron chi connectivity index (χ4n) is 1.66. The van der Waals surface area contributed by atoms with Gasteiger partial charge in [0.05, 0.1) is 15.9 Å². The van der Waals surface area contributed by atoms with Gasteiger partial charge in [0.25, 0.3) is 5.69 Å². The summed E-state index contributed by atoms with van der Waals surface area (Å²) in [5.41, 5.74) is 5.59. The number of anilines is 1. The Balaban J connectivity index is 2.28. The van der Waals surface area contributed by atoms with E-state index in [1.165, 1.54) is 42.5 Å². The predicted octanol–water partition coefficient (Wildman–Crippen LogP) is 2.37. The van der Waals surface area contributed by atoms with Gasteiger partial charge in [0.1, 0.15) is 11.5 Å². The van der Waals surface area contributed by atoms with E-state index in [-0.39, 0.29) is 22.0 Å². The van der Waals surface area contributed by atoms with E-state index in [9.17, 15) is 18.5 Å². The van der Waals surface area contributed by atoms with Crippen molar-refractivity contribution < 1.29 is 18.1 Å². The van der Waals surface area contributed by atoms with Gasteiger partial charge in [0.15, 0.2) is 9.84 Å². The molecule has 0 bridgehead atoms. The van der Waals surface area contributed by atoms with Crippen LogP contribution in [-0.4, -0.2) is 19.6 Å². The molecule has 0 aliphatic heterocycles. The fourth-order valence-corrected chi connectivity index (χ4v) is 2.29. The minimum atomic E-state index is -3.28. The van der Waals surface area contributed by atoms with E-state index in [4.69, 9.17) is 10.5 Å². The summed E-state index contributed by atoms with van der Waals surface area (Å²) < 4.78 is 28.1. The highest BCUT2D eigenvalue weighted by atomic mass is 32.2. The highest BCUT2D eigenvalue weighted by Crippen LogP contribution is 2.28. The van der Waals surface area contributed by atoms with Crippen LogP contribution in [0.2, 0.25) is 0 Å². The molecule has 0 saturated carbocycles. The summed E-state index contributed by atoms with van der Waals surface area (Å²) in [5, 5.41) is 10.7. The average Bonchev–Trinajstić information content (AvgIpc) is 2.37. The van der Waals surface area contributed by atoms with Gasteiger partial charge in [-0.15, -0.1) is 0 Å². The minimum absolute atomic E-state index is 0.161. The minimum Gasteiger partial charge on any atom is -0.457 e. The SMILES string of the molecule is CS(=O)(=O)c1ccc(Oc2cc(N)cc([N+](=O)[O-])c2)cc1. The van der Waals surface area contributed by atoms with Gasteiger partial charge >= 0.3 is 0 Å². The van der Waals surface area contributed by atoms with Crippen molar-refractivity contribution >= 4 is 21.2 Å². The highest BCUT2D eigenvalue weighted by Gasteiger charge is 2.11. The lowest BCUT2D eigenvalue weighted by molar-refractivity contribution is -0.384. The van der Waals surface area contributed by atoms with Gasteiger partial charge in [0.2, 0.25) is 0 Å². The lowest BCUT2D eigenvalue weighted by Gasteiger charge is -2.07. The first-order valence-electron chi connectivity index (χ1n) is 5.78. The van der Waals surface area contributed by atoms with Crippen LogP contribution < -0.4 is 10.5 Å². The van der Waals surface area contributed by atoms with E-state index in [1.54, 1.807) is 0 Å². The van der Waals surface area contributed by atoms with Gasteiger partial charge < -0.3 is 10.5 Å². The number of nitro groups is 1. The number of nitrogen functional groups attached to an aromatic ring is 1. The number of benzene rings is 2. The zero-order valence-electron chi connectivity index (χ0n) is 11.0. The molecule has 0 aliphatic carbocycles. The maximum Gasteiger partial charge on any atom is 0.275 e. The van der Waals surface area contributed by atoms with Gasteiger partial charge in [0, 0.05) is 24.1 Å². The van der Waals surface area contributed by atoms with Gasteiger partial charge in [-0.05, 0) is 24.3 Å². The van der Waals surface area contributed by atoms with E-state index in [0.717, 1.165) is 6.26 Å². The predicted molar refractivity (Wildman–Crippen MR) is 77.1 cm³/mol. The van der Waals surface area contributed by atoms with Crippen LogP contribution in [0.3, 0.4) is 0 Å². The maximum absolute atomic E-state index is 11.3. The van der Waals surface area contributed by atoms with Gasteiger partial charge in [-0.1, -0.05) is 0 Å². The van der Waals surface area contributed by atoms with E-state index in [1.807, 2.05) is 0 Å². The summed E-state index contributed by atoms with van der Waals surface area (Å²) in [4.78, 5) is 10.3. The van der Waals surface area contributed by atoms with Crippen LogP contribution in [0, 0.1) is 10.1 Å². The first kappa shape index (κ1) is 14.8. The van der Waals surface area contributed by atoms with Gasteiger partial charge in [-0.25, -0.2) is 8.42 Å². The molecule has 2 aromatic rings. The largest absolute Gasteiger partial charge is 0.457 e. The Morgan fingerprint density at radius 2 is 1.71 bits per heavy atom. The van der Waals surface area contributed by atoms with E-state index < -0.39 is 14.8 Å². The number of hydrogen-bond acceptors (Lipinski definition) is 6. The summed E-state index contributed by atoms with van der Waals surface area (Å²) in [6, 6.07) is 9.62. The summed E-state index contributed by atoms with van der Waals surface area (Å²) in [6.07, 6.45) is 1.10. The molecular weight excluding hydrogens is 296 g/mol. The first-order chi connectivity index (χ1) is 9.75. The third kappa shape index (κ3) is 3.69. The van der Waals surface area contributed by atoms with Crippen molar-refractivity contribution in [2.24, 2.45) is 0 Å². The van der Waals surface area contributed by atoms with Crippen LogP contribution in [0.4, 0.5) is 11.4 Å². The lowest BCUT2D eigenvalue weighted by Crippen LogP contribution is -1.97. The number of rotatable bonds is 4. The van der Waals surface area contributed by atoms with Crippen molar-refractivity contribution in [3.05, 3.63) is 52.6 Å². The number of nitrogens with two attached hydrogens (primary N) is 1. The van der Waals surface area contributed by atoms with E-state index in [0.29, 0.717) is 5.75 Å². The second-order valence-corrected chi connectivity index (χ2v) is 6.38. The highest BCUT2D eigenvalue weighted by molar-refractivity contribution is 7.90. The molecule has 21 heavy (non-hydrogen) atoms. The normalized spacial score (nSPS) is 11.1. The van der Waals surface area contributed by atoms with Crippen molar-refractivity contribution in [2.75, 3.05) is 12.0 Å². The Bertz CT molecular complexity index is 785. The molecule has 0 fully saturated rings. The molecule has 2 aromatic carbocycles. The van der Waals surface area contributed by atoms with Crippen LogP contribution >= 0.6 is 0 Å². The van der Waals surface area contributed by atoms with Gasteiger partial charge in [-0.3, -0.25) is 10.1 Å². The van der Waals surface area contributed by atoms with Crippen LogP contribution in [0.15, 0.2) is 47.4 Å². The Morgan fingerprint density at radius 1 is 1.10 bits per heavy atom. The molecule has 2 rings (SSSR count). The molecule has 7 nitrogen and oxygen atoms in total. The summed E-state index contributed by atoms with van der Waals surface area (Å²) >= 11 is 0. The molecule has 0 heterocycles. The number of nitro benzene ring substituents is 1. The zero-order chi connectivity index (χ0) is 15.6. The summed E-state index contributed by atoms with van der Waals surface area (Å²) in [6.45, 7) is 0. The third-order valence-corrected chi connectivity index (χ3v) is 3.74. The molecule has 0 aliphatic rings. The Kier molecular flexibility index (Phi) is 3.81. The number of sulfone groups is 1. The Hall–Kier alpha value is -2.61.